The Morgan fingerprint density at radius 3 is 2.68 bits per heavy atom. The first-order valence-corrected chi connectivity index (χ1v) is 7.33. The van der Waals surface area contributed by atoms with Crippen LogP contribution in [0.4, 0.5) is 4.39 Å². The molecule has 0 aliphatic carbocycles. The van der Waals surface area contributed by atoms with Crippen molar-refractivity contribution in [3.63, 3.8) is 0 Å². The number of hydrogen-bond acceptors (Lipinski definition) is 3. The van der Waals surface area contributed by atoms with Crippen LogP contribution in [-0.4, -0.2) is 32.1 Å². The summed E-state index contributed by atoms with van der Waals surface area (Å²) in [6, 6.07) is 8.38. The summed E-state index contributed by atoms with van der Waals surface area (Å²) in [5, 5.41) is 3.44. The Hall–Kier alpha value is -1.07. The van der Waals surface area contributed by atoms with Crippen molar-refractivity contribution in [3.8, 4) is 11.3 Å². The third-order valence-electron chi connectivity index (χ3n) is 3.12. The zero-order chi connectivity index (χ0) is 15.2. The minimum Gasteiger partial charge on any atom is -0.460 e. The Morgan fingerprint density at radius 2 is 2.00 bits per heavy atom. The van der Waals surface area contributed by atoms with Gasteiger partial charge >= 0.3 is 0 Å². The minimum absolute atomic E-state index is 0. The summed E-state index contributed by atoms with van der Waals surface area (Å²) in [6.07, 6.45) is 1.09. The first-order chi connectivity index (χ1) is 10.1. The zero-order valence-corrected chi connectivity index (χ0v) is 14.3. The fraction of sp³-hybridized carbons (Fsp3) is 0.375. The first-order valence-electron chi connectivity index (χ1n) is 6.96. The van der Waals surface area contributed by atoms with Crippen LogP contribution in [0.1, 0.15) is 12.2 Å². The van der Waals surface area contributed by atoms with Crippen LogP contribution in [0.5, 0.6) is 0 Å². The van der Waals surface area contributed by atoms with Crippen molar-refractivity contribution < 1.29 is 8.81 Å². The van der Waals surface area contributed by atoms with E-state index in [1.165, 1.54) is 6.07 Å². The van der Waals surface area contributed by atoms with Gasteiger partial charge in [-0.1, -0.05) is 11.6 Å². The van der Waals surface area contributed by atoms with Crippen molar-refractivity contribution in [2.24, 2.45) is 0 Å². The summed E-state index contributed by atoms with van der Waals surface area (Å²) < 4.78 is 18.9. The van der Waals surface area contributed by atoms with Crippen molar-refractivity contribution in [3.05, 3.63) is 46.9 Å². The van der Waals surface area contributed by atoms with Gasteiger partial charge in [-0.2, -0.15) is 0 Å². The molecular weight excluding hydrogens is 326 g/mol. The van der Waals surface area contributed by atoms with Crippen molar-refractivity contribution in [1.82, 2.24) is 10.2 Å². The van der Waals surface area contributed by atoms with Crippen molar-refractivity contribution in [1.29, 1.82) is 0 Å². The third-order valence-corrected chi connectivity index (χ3v) is 3.41. The second-order valence-corrected chi connectivity index (χ2v) is 5.64. The van der Waals surface area contributed by atoms with Gasteiger partial charge < -0.3 is 14.6 Å². The van der Waals surface area contributed by atoms with Gasteiger partial charge in [0.05, 0.1) is 11.6 Å². The lowest BCUT2D eigenvalue weighted by Crippen LogP contribution is -2.20. The number of rotatable bonds is 7. The van der Waals surface area contributed by atoms with E-state index in [1.807, 2.05) is 12.1 Å². The molecule has 122 valence electrons. The van der Waals surface area contributed by atoms with Gasteiger partial charge in [-0.15, -0.1) is 12.4 Å². The van der Waals surface area contributed by atoms with Gasteiger partial charge in [0.15, 0.2) is 0 Å². The molecule has 0 unspecified atom stereocenters. The smallest absolute Gasteiger partial charge is 0.141 e. The molecule has 0 saturated heterocycles. The molecule has 6 heteroatoms. The SMILES string of the molecule is CN(C)CCCNCc1ccc(-c2ccc(F)c(Cl)c2)o1.Cl. The van der Waals surface area contributed by atoms with Gasteiger partial charge in [-0.25, -0.2) is 4.39 Å². The molecule has 2 aromatic rings. The molecule has 1 heterocycles. The van der Waals surface area contributed by atoms with Crippen molar-refractivity contribution >= 4 is 24.0 Å². The van der Waals surface area contributed by atoms with E-state index in [9.17, 15) is 4.39 Å². The average molecular weight is 347 g/mol. The summed E-state index contributed by atoms with van der Waals surface area (Å²) in [5.74, 6) is 1.13. The maximum Gasteiger partial charge on any atom is 0.141 e. The highest BCUT2D eigenvalue weighted by Gasteiger charge is 2.07. The fourth-order valence-electron chi connectivity index (χ4n) is 2.01. The molecule has 0 fully saturated rings. The van der Waals surface area contributed by atoms with E-state index < -0.39 is 5.82 Å². The number of furan rings is 1. The van der Waals surface area contributed by atoms with E-state index in [0.29, 0.717) is 12.3 Å². The number of hydrogen-bond donors (Lipinski definition) is 1. The molecule has 22 heavy (non-hydrogen) atoms. The molecule has 1 N–H and O–H groups in total. The molecule has 1 aromatic carbocycles. The predicted molar refractivity (Wildman–Crippen MR) is 91.2 cm³/mol. The summed E-state index contributed by atoms with van der Waals surface area (Å²) in [6.45, 7) is 2.68. The number of nitrogens with zero attached hydrogens (tertiary/aromatic N) is 1. The molecule has 0 atom stereocenters. The zero-order valence-electron chi connectivity index (χ0n) is 12.7. The summed E-state index contributed by atoms with van der Waals surface area (Å²) >= 11 is 5.78. The van der Waals surface area contributed by atoms with E-state index in [2.05, 4.69) is 24.3 Å². The van der Waals surface area contributed by atoms with Gasteiger partial charge in [0.25, 0.3) is 0 Å². The molecule has 0 radical (unpaired) electrons. The molecule has 0 bridgehead atoms. The Labute approximate surface area is 141 Å². The predicted octanol–water partition coefficient (Wildman–Crippen LogP) is 4.20. The summed E-state index contributed by atoms with van der Waals surface area (Å²) in [4.78, 5) is 2.16. The van der Waals surface area contributed by atoms with Crippen molar-refractivity contribution in [2.45, 2.75) is 13.0 Å². The Balaban J connectivity index is 0.00000242. The van der Waals surface area contributed by atoms with Crippen LogP contribution in [0.2, 0.25) is 5.02 Å². The fourth-order valence-corrected chi connectivity index (χ4v) is 2.19. The van der Waals surface area contributed by atoms with Gasteiger partial charge in [0, 0.05) is 5.56 Å². The third kappa shape index (κ3) is 5.61. The highest BCUT2D eigenvalue weighted by Crippen LogP contribution is 2.26. The van der Waals surface area contributed by atoms with Crippen LogP contribution in [-0.2, 0) is 6.54 Å². The van der Waals surface area contributed by atoms with Crippen LogP contribution >= 0.6 is 24.0 Å². The lowest BCUT2D eigenvalue weighted by molar-refractivity contribution is 0.391. The largest absolute Gasteiger partial charge is 0.460 e. The molecule has 0 saturated carbocycles. The van der Waals surface area contributed by atoms with Crippen LogP contribution in [0.15, 0.2) is 34.7 Å². The van der Waals surface area contributed by atoms with Crippen LogP contribution < -0.4 is 5.32 Å². The van der Waals surface area contributed by atoms with Gasteiger partial charge in [-0.3, -0.25) is 0 Å². The van der Waals surface area contributed by atoms with E-state index in [0.717, 1.165) is 30.8 Å². The van der Waals surface area contributed by atoms with Crippen LogP contribution in [0.25, 0.3) is 11.3 Å². The highest BCUT2D eigenvalue weighted by molar-refractivity contribution is 6.31. The summed E-state index contributed by atoms with van der Waals surface area (Å²) in [5.41, 5.74) is 0.778. The van der Waals surface area contributed by atoms with E-state index in [1.54, 1.807) is 12.1 Å². The van der Waals surface area contributed by atoms with E-state index in [-0.39, 0.29) is 17.4 Å². The Morgan fingerprint density at radius 1 is 1.23 bits per heavy atom. The number of nitrogens with one attached hydrogen (secondary N) is 1. The van der Waals surface area contributed by atoms with Gasteiger partial charge in [-0.05, 0) is 63.9 Å². The first kappa shape index (κ1) is 19.0. The Kier molecular flexibility index (Phi) is 7.90. The molecule has 0 amide bonds. The molecule has 1 aromatic heterocycles. The molecule has 0 aliphatic rings. The normalized spacial score (nSPS) is 10.8. The second kappa shape index (κ2) is 9.16. The van der Waals surface area contributed by atoms with Gasteiger partial charge in [0.1, 0.15) is 17.3 Å². The average Bonchev–Trinajstić information content (AvgIpc) is 2.90. The van der Waals surface area contributed by atoms with E-state index >= 15 is 0 Å². The monoisotopic (exact) mass is 346 g/mol. The van der Waals surface area contributed by atoms with Crippen molar-refractivity contribution in [2.75, 3.05) is 27.2 Å². The maximum atomic E-state index is 13.1. The molecule has 0 aliphatic heterocycles. The maximum absolute atomic E-state index is 13.1. The number of benzene rings is 1. The van der Waals surface area contributed by atoms with Crippen LogP contribution in [0.3, 0.4) is 0 Å². The number of halogens is 3. The molecule has 3 nitrogen and oxygen atoms in total. The lowest BCUT2D eigenvalue weighted by Gasteiger charge is -2.09. The van der Waals surface area contributed by atoms with E-state index in [4.69, 9.17) is 16.0 Å². The molecule has 0 spiro atoms. The summed E-state index contributed by atoms with van der Waals surface area (Å²) in [7, 11) is 4.12. The Bertz CT molecular complexity index is 587. The lowest BCUT2D eigenvalue weighted by atomic mass is 10.2. The minimum atomic E-state index is -0.422. The highest BCUT2D eigenvalue weighted by atomic mass is 35.5. The second-order valence-electron chi connectivity index (χ2n) is 5.23. The van der Waals surface area contributed by atoms with Gasteiger partial charge in [0.2, 0.25) is 0 Å². The topological polar surface area (TPSA) is 28.4 Å². The van der Waals surface area contributed by atoms with Crippen LogP contribution in [0, 0.1) is 5.82 Å². The quantitative estimate of drug-likeness (QED) is 0.761. The molecule has 2 rings (SSSR count). The standard InChI is InChI=1S/C16H20ClFN2O.ClH/c1-20(2)9-3-8-19-11-13-5-7-16(21-13)12-4-6-15(18)14(17)10-12;/h4-7,10,19H,3,8-9,11H2,1-2H3;1H. The molecular formula is C16H21Cl2FN2O.